The van der Waals surface area contributed by atoms with E-state index < -0.39 is 59.7 Å². The molecule has 6 amide bonds. The Morgan fingerprint density at radius 2 is 1.45 bits per heavy atom. The molecule has 1 aliphatic heterocycles. The zero-order valence-electron chi connectivity index (χ0n) is 22.6. The molecule has 0 aromatic heterocycles. The number of carbonyl (C=O) groups excluding carboxylic acids is 6. The second kappa shape index (κ2) is 14.4. The van der Waals surface area contributed by atoms with Crippen LogP contribution in [-0.4, -0.2) is 76.3 Å². The van der Waals surface area contributed by atoms with Crippen LogP contribution in [-0.2, 0) is 40.1 Å². The van der Waals surface area contributed by atoms with E-state index in [1.54, 1.807) is 38.1 Å². The predicted octanol–water partition coefficient (Wildman–Crippen LogP) is 0.285. The maximum Gasteiger partial charge on any atom is 0.408 e. The van der Waals surface area contributed by atoms with E-state index in [9.17, 15) is 33.6 Å². The van der Waals surface area contributed by atoms with Crippen LogP contribution in [0.15, 0.2) is 36.4 Å². The third kappa shape index (κ3) is 9.53. The highest BCUT2D eigenvalue weighted by atomic mass is 16.5. The molecule has 0 fully saturated rings. The highest BCUT2D eigenvalue weighted by molar-refractivity contribution is 6.13. The summed E-state index contributed by atoms with van der Waals surface area (Å²) in [4.78, 5) is 84.4. The molecule has 216 valence electrons. The zero-order chi connectivity index (χ0) is 30.0. The third-order valence-corrected chi connectivity index (χ3v) is 5.78. The molecule has 2 rings (SSSR count). The molecule has 0 unspecified atom stereocenters. The molecule has 3 atom stereocenters. The Morgan fingerprint density at radius 1 is 0.850 bits per heavy atom. The van der Waals surface area contributed by atoms with E-state index in [4.69, 9.17) is 9.84 Å². The van der Waals surface area contributed by atoms with Gasteiger partial charge in [0.2, 0.25) is 17.7 Å². The number of hydrogen-bond donors (Lipinski definition) is 5. The first-order valence-electron chi connectivity index (χ1n) is 12.5. The van der Waals surface area contributed by atoms with Crippen molar-refractivity contribution in [2.24, 2.45) is 5.92 Å². The summed E-state index contributed by atoms with van der Waals surface area (Å²) in [7, 11) is 0. The van der Waals surface area contributed by atoms with Crippen molar-refractivity contribution in [3.8, 4) is 0 Å². The van der Waals surface area contributed by atoms with Gasteiger partial charge in [0, 0.05) is 30.8 Å². The summed E-state index contributed by atoms with van der Waals surface area (Å²) in [5.74, 6) is -4.16. The van der Waals surface area contributed by atoms with Crippen molar-refractivity contribution in [1.29, 1.82) is 0 Å². The Hall–Kier alpha value is -4.75. The second-order valence-corrected chi connectivity index (χ2v) is 9.40. The minimum atomic E-state index is -1.20. The minimum Gasteiger partial charge on any atom is -0.480 e. The normalized spacial score (nSPS) is 14.8. The van der Waals surface area contributed by atoms with E-state index in [2.05, 4.69) is 21.3 Å². The molecule has 0 aliphatic carbocycles. The first-order chi connectivity index (χ1) is 18.8. The van der Waals surface area contributed by atoms with Crippen LogP contribution in [0.2, 0.25) is 0 Å². The Labute approximate surface area is 230 Å². The Bertz CT molecular complexity index is 1160. The number of carboxylic acid groups (broad SMARTS) is 1. The molecule has 0 saturated carbocycles. The fourth-order valence-corrected chi connectivity index (χ4v) is 3.38. The summed E-state index contributed by atoms with van der Waals surface area (Å²) in [5, 5.41) is 18.7. The maximum absolute atomic E-state index is 12.8. The SMILES string of the molecule is CC(C)[C@H](NC(=O)CCN1C(=O)C=CC1=O)C(=O)N[C@@H](C)C(=O)Nc1ccc(COC(=O)N[C@H](C)C(=O)O)cc1. The second-order valence-electron chi connectivity index (χ2n) is 9.40. The number of rotatable bonds is 13. The van der Waals surface area contributed by atoms with Gasteiger partial charge < -0.3 is 31.1 Å². The van der Waals surface area contributed by atoms with Crippen LogP contribution in [0.25, 0.3) is 0 Å². The molecule has 1 aromatic rings. The molecule has 40 heavy (non-hydrogen) atoms. The molecule has 1 aliphatic rings. The Kier molecular flexibility index (Phi) is 11.3. The molecule has 0 saturated heterocycles. The quantitative estimate of drug-likeness (QED) is 0.211. The number of alkyl carbamates (subject to hydrolysis) is 1. The summed E-state index contributed by atoms with van der Waals surface area (Å²) in [6, 6.07) is 3.29. The summed E-state index contributed by atoms with van der Waals surface area (Å²) in [6.45, 7) is 5.96. The number of nitrogens with zero attached hydrogens (tertiary/aromatic N) is 1. The van der Waals surface area contributed by atoms with Crippen molar-refractivity contribution in [3.63, 3.8) is 0 Å². The molecule has 1 aromatic carbocycles. The van der Waals surface area contributed by atoms with Crippen molar-refractivity contribution in [1.82, 2.24) is 20.9 Å². The molecule has 0 radical (unpaired) electrons. The van der Waals surface area contributed by atoms with Crippen LogP contribution in [0, 0.1) is 5.92 Å². The zero-order valence-corrected chi connectivity index (χ0v) is 22.6. The molecule has 0 bridgehead atoms. The van der Waals surface area contributed by atoms with Gasteiger partial charge in [-0.15, -0.1) is 0 Å². The monoisotopic (exact) mass is 559 g/mol. The van der Waals surface area contributed by atoms with E-state index in [0.29, 0.717) is 11.3 Å². The first-order valence-corrected chi connectivity index (χ1v) is 12.5. The van der Waals surface area contributed by atoms with Gasteiger partial charge in [-0.3, -0.25) is 33.7 Å². The van der Waals surface area contributed by atoms with E-state index in [1.165, 1.54) is 13.8 Å². The molecular weight excluding hydrogens is 526 g/mol. The lowest BCUT2D eigenvalue weighted by molar-refractivity contribution is -0.139. The van der Waals surface area contributed by atoms with Gasteiger partial charge in [0.1, 0.15) is 24.7 Å². The van der Waals surface area contributed by atoms with E-state index >= 15 is 0 Å². The van der Waals surface area contributed by atoms with Crippen LogP contribution in [0.3, 0.4) is 0 Å². The number of ether oxygens (including phenoxy) is 1. The molecule has 5 N–H and O–H groups in total. The summed E-state index contributed by atoms with van der Waals surface area (Å²) >= 11 is 0. The van der Waals surface area contributed by atoms with Gasteiger partial charge in [0.25, 0.3) is 11.8 Å². The average molecular weight is 560 g/mol. The number of nitrogens with one attached hydrogen (secondary N) is 4. The van der Waals surface area contributed by atoms with Gasteiger partial charge in [-0.1, -0.05) is 26.0 Å². The Morgan fingerprint density at radius 3 is 2.00 bits per heavy atom. The highest BCUT2D eigenvalue weighted by Gasteiger charge is 2.28. The average Bonchev–Trinajstić information content (AvgIpc) is 3.21. The van der Waals surface area contributed by atoms with Gasteiger partial charge >= 0.3 is 12.1 Å². The van der Waals surface area contributed by atoms with Gasteiger partial charge in [0.15, 0.2) is 0 Å². The molecule has 0 spiro atoms. The number of amides is 6. The van der Waals surface area contributed by atoms with Gasteiger partial charge in [-0.25, -0.2) is 4.79 Å². The minimum absolute atomic E-state index is 0.121. The molecular formula is C26H33N5O9. The van der Waals surface area contributed by atoms with Gasteiger partial charge in [0.05, 0.1) is 0 Å². The third-order valence-electron chi connectivity index (χ3n) is 5.78. The lowest BCUT2D eigenvalue weighted by Gasteiger charge is -2.24. The number of carbonyl (C=O) groups is 7. The lowest BCUT2D eigenvalue weighted by Crippen LogP contribution is -2.54. The van der Waals surface area contributed by atoms with Crippen LogP contribution in [0.4, 0.5) is 10.5 Å². The number of benzene rings is 1. The van der Waals surface area contributed by atoms with E-state index in [0.717, 1.165) is 17.1 Å². The molecule has 14 heteroatoms. The first kappa shape index (κ1) is 31.5. The number of aliphatic carboxylic acids is 1. The predicted molar refractivity (Wildman–Crippen MR) is 140 cm³/mol. The fourth-order valence-electron chi connectivity index (χ4n) is 3.38. The highest BCUT2D eigenvalue weighted by Crippen LogP contribution is 2.12. The summed E-state index contributed by atoms with van der Waals surface area (Å²) < 4.78 is 4.96. The van der Waals surface area contributed by atoms with Gasteiger partial charge in [-0.2, -0.15) is 0 Å². The number of hydrogen-bond acceptors (Lipinski definition) is 8. The smallest absolute Gasteiger partial charge is 0.408 e. The van der Waals surface area contributed by atoms with E-state index in [-0.39, 0.29) is 25.5 Å². The summed E-state index contributed by atoms with van der Waals surface area (Å²) in [5.41, 5.74) is 0.996. The largest absolute Gasteiger partial charge is 0.480 e. The maximum atomic E-state index is 12.8. The van der Waals surface area contributed by atoms with Crippen molar-refractivity contribution >= 4 is 47.3 Å². The topological polar surface area (TPSA) is 200 Å². The molecule has 1 heterocycles. The van der Waals surface area contributed by atoms with Crippen LogP contribution < -0.4 is 21.3 Å². The van der Waals surface area contributed by atoms with Crippen molar-refractivity contribution in [2.75, 3.05) is 11.9 Å². The lowest BCUT2D eigenvalue weighted by atomic mass is 10.0. The van der Waals surface area contributed by atoms with Gasteiger partial charge in [-0.05, 0) is 37.5 Å². The number of carboxylic acids is 1. The number of anilines is 1. The fraction of sp³-hybridized carbons (Fsp3) is 0.423. The standard InChI is InChI=1S/C26H33N5O9/c1-14(2)22(30-19(32)11-12-31-20(33)9-10-21(31)34)24(36)27-15(3)23(35)29-18-7-5-17(6-8-18)13-40-26(39)28-16(4)25(37)38/h5-10,14-16,22H,11-13H2,1-4H3,(H,27,36)(H,28,39)(H,29,35)(H,30,32)(H,37,38)/t15-,16+,22-/m0/s1. The van der Waals surface area contributed by atoms with Crippen LogP contribution in [0.1, 0.15) is 39.7 Å². The van der Waals surface area contributed by atoms with Crippen LogP contribution in [0.5, 0.6) is 0 Å². The van der Waals surface area contributed by atoms with E-state index in [1.807, 2.05) is 0 Å². The summed E-state index contributed by atoms with van der Waals surface area (Å²) in [6.07, 6.45) is 1.17. The van der Waals surface area contributed by atoms with Crippen molar-refractivity contribution in [2.45, 2.75) is 58.8 Å². The van der Waals surface area contributed by atoms with Crippen molar-refractivity contribution < 1.29 is 43.4 Å². The van der Waals surface area contributed by atoms with Crippen molar-refractivity contribution in [3.05, 3.63) is 42.0 Å². The number of imide groups is 1. The Balaban J connectivity index is 1.83. The van der Waals surface area contributed by atoms with Crippen LogP contribution >= 0.6 is 0 Å². The molecule has 14 nitrogen and oxygen atoms in total.